The van der Waals surface area contributed by atoms with E-state index in [1.165, 1.54) is 11.8 Å². The number of amides is 8. The normalized spacial score (nSPS) is 13.4. The fraction of sp³-hybridized carbons (Fsp3) is 0.667. The van der Waals surface area contributed by atoms with Crippen molar-refractivity contribution in [3.05, 3.63) is 0 Å². The van der Waals surface area contributed by atoms with Crippen LogP contribution in [0.25, 0.3) is 0 Å². The molecule has 27 heteroatoms. The molecule has 63 heavy (non-hydrogen) atoms. The largest absolute Gasteiger partial charge is 0.469 e. The van der Waals surface area contributed by atoms with E-state index in [1.54, 1.807) is 6.26 Å². The third kappa shape index (κ3) is 25.8. The second kappa shape index (κ2) is 31.4. The van der Waals surface area contributed by atoms with Gasteiger partial charge in [0.2, 0.25) is 47.3 Å². The van der Waals surface area contributed by atoms with Gasteiger partial charge in [-0.05, 0) is 63.4 Å². The first-order valence-electron chi connectivity index (χ1n) is 19.8. The van der Waals surface area contributed by atoms with Gasteiger partial charge in [0.25, 0.3) is 0 Å². The highest BCUT2D eigenvalue weighted by atomic mass is 32.2. The summed E-state index contributed by atoms with van der Waals surface area (Å²) in [4.78, 5) is 128. The van der Waals surface area contributed by atoms with Crippen molar-refractivity contribution in [1.29, 1.82) is 10.8 Å². The number of ether oxygens (including phenoxy) is 2. The summed E-state index contributed by atoms with van der Waals surface area (Å²) in [7, 11) is 2.25. The van der Waals surface area contributed by atoms with Crippen LogP contribution in [0.1, 0.15) is 77.6 Å². The zero-order chi connectivity index (χ0) is 48.1. The van der Waals surface area contributed by atoms with Gasteiger partial charge in [0.1, 0.15) is 36.3 Å². The summed E-state index contributed by atoms with van der Waals surface area (Å²) in [5.74, 6) is -8.70. The molecule has 0 aliphatic carbocycles. The van der Waals surface area contributed by atoms with Gasteiger partial charge in [-0.3, -0.25) is 58.8 Å². The Hall–Kier alpha value is -6.41. The Balaban J connectivity index is 6.56. The lowest BCUT2D eigenvalue weighted by Crippen LogP contribution is -2.59. The van der Waals surface area contributed by atoms with E-state index in [2.05, 4.69) is 52.0 Å². The molecule has 0 aliphatic rings. The van der Waals surface area contributed by atoms with Gasteiger partial charge in [-0.25, -0.2) is 0 Å². The number of carbonyl (C=O) groups is 10. The zero-order valence-electron chi connectivity index (χ0n) is 36.0. The highest BCUT2D eigenvalue weighted by Crippen LogP contribution is 2.10. The van der Waals surface area contributed by atoms with Crippen LogP contribution >= 0.6 is 11.8 Å². The molecule has 0 saturated heterocycles. The lowest BCUT2D eigenvalue weighted by atomic mass is 10.0. The average Bonchev–Trinajstić information content (AvgIpc) is 3.21. The number of primary amides is 2. The molecule has 0 aromatic heterocycles. The van der Waals surface area contributed by atoms with Gasteiger partial charge < -0.3 is 74.9 Å². The first-order chi connectivity index (χ1) is 29.6. The molecule has 0 heterocycles. The quantitative estimate of drug-likeness (QED) is 0.0130. The Bertz CT molecular complexity index is 1620. The van der Waals surface area contributed by atoms with E-state index in [-0.39, 0.29) is 95.0 Å². The number of thioether (sulfide) groups is 1. The SMILES string of the molecule is COC(=O)CC[C@H](NC(C)=O)C(=O)N[C@@H](CCC(=O)OC)C(=O)N[C@@H](CCSC)C(=O)N[C@@H](CCC(N)=O)C(=O)N[C@@H](CCCNC(=N)N)C(=O)N[C@@H](CCCNC(=N)N)C(N)=O. The maximum absolute atomic E-state index is 13.9. The number of hydrogen-bond donors (Lipinski definition) is 14. The Labute approximate surface area is 369 Å². The lowest BCUT2D eigenvalue weighted by Gasteiger charge is -2.27. The van der Waals surface area contributed by atoms with Gasteiger partial charge in [-0.1, -0.05) is 0 Å². The molecule has 6 atom stereocenters. The smallest absolute Gasteiger partial charge is 0.305 e. The molecule has 8 amide bonds. The second-order valence-corrected chi connectivity index (χ2v) is 14.9. The minimum absolute atomic E-state index is 0.0289. The predicted octanol–water partition coefficient (Wildman–Crippen LogP) is -5.15. The van der Waals surface area contributed by atoms with Crippen molar-refractivity contribution in [2.45, 2.75) is 114 Å². The van der Waals surface area contributed by atoms with Crippen LogP contribution < -0.4 is 65.5 Å². The number of nitrogens with two attached hydrogens (primary N) is 4. The van der Waals surface area contributed by atoms with E-state index >= 15 is 0 Å². The van der Waals surface area contributed by atoms with Crippen molar-refractivity contribution in [3.8, 4) is 0 Å². The summed E-state index contributed by atoms with van der Waals surface area (Å²) < 4.78 is 9.28. The molecule has 0 fully saturated rings. The van der Waals surface area contributed by atoms with Crippen LogP contribution in [0.4, 0.5) is 0 Å². The Morgan fingerprint density at radius 3 is 1.17 bits per heavy atom. The van der Waals surface area contributed by atoms with Gasteiger partial charge in [0.15, 0.2) is 11.9 Å². The number of rotatable bonds is 32. The maximum Gasteiger partial charge on any atom is 0.305 e. The molecule has 0 unspecified atom stereocenters. The second-order valence-electron chi connectivity index (χ2n) is 13.9. The number of methoxy groups -OCH3 is 2. The van der Waals surface area contributed by atoms with Crippen LogP contribution in [-0.2, 0) is 57.4 Å². The standard InChI is InChI=1S/C36H64N14O12S/c1-19(51)45-22(10-13-27(53)61-2)31(57)49-24(11-14-28(54)62-3)33(59)50-25(15-18-63-4)34(60)48-23(9-12-26(37)52)32(58)47-21(8-6-17-44-36(41)42)30(56)46-20(29(38)55)7-5-16-43-35(39)40/h20-25H,5-18H2,1-4H3,(H2,37,52)(H2,38,55)(H,45,51)(H,46,56)(H,47,58)(H,48,60)(H,49,57)(H,50,59)(H4,39,40,43)(H4,41,42,44)/t20-,21-,22-,23-,24-,25-/m0/s1. The average molecular weight is 917 g/mol. The topological polar surface area (TPSA) is 437 Å². The van der Waals surface area contributed by atoms with Crippen molar-refractivity contribution in [2.24, 2.45) is 22.9 Å². The van der Waals surface area contributed by atoms with E-state index in [1.807, 2.05) is 0 Å². The first kappa shape index (κ1) is 56.6. The van der Waals surface area contributed by atoms with E-state index in [9.17, 15) is 47.9 Å². The van der Waals surface area contributed by atoms with Crippen molar-refractivity contribution in [3.63, 3.8) is 0 Å². The number of guanidine groups is 2. The zero-order valence-corrected chi connectivity index (χ0v) is 36.8. The molecule has 0 aromatic rings. The van der Waals surface area contributed by atoms with Gasteiger partial charge in [-0.2, -0.15) is 11.8 Å². The van der Waals surface area contributed by atoms with Crippen LogP contribution in [0.2, 0.25) is 0 Å². The van der Waals surface area contributed by atoms with Crippen LogP contribution in [0, 0.1) is 10.8 Å². The fourth-order valence-corrected chi connectivity index (χ4v) is 6.02. The number of nitrogens with one attached hydrogen (secondary N) is 10. The molecule has 0 rings (SSSR count). The van der Waals surface area contributed by atoms with Crippen molar-refractivity contribution >= 4 is 82.9 Å². The van der Waals surface area contributed by atoms with Gasteiger partial charge in [0.05, 0.1) is 14.2 Å². The third-order valence-corrected chi connectivity index (χ3v) is 9.52. The van der Waals surface area contributed by atoms with E-state index < -0.39 is 102 Å². The highest BCUT2D eigenvalue weighted by molar-refractivity contribution is 7.98. The summed E-state index contributed by atoms with van der Waals surface area (Å²) in [6.07, 6.45) is 0.117. The summed E-state index contributed by atoms with van der Waals surface area (Å²) in [5, 5.41) is 34.6. The van der Waals surface area contributed by atoms with Crippen molar-refractivity contribution in [1.82, 2.24) is 42.5 Å². The molecule has 0 spiro atoms. The van der Waals surface area contributed by atoms with Crippen LogP contribution in [0.3, 0.4) is 0 Å². The third-order valence-electron chi connectivity index (χ3n) is 8.88. The number of hydrogen-bond acceptors (Lipinski definition) is 15. The minimum Gasteiger partial charge on any atom is -0.469 e. The Morgan fingerprint density at radius 1 is 0.508 bits per heavy atom. The summed E-state index contributed by atoms with van der Waals surface area (Å²) in [6.45, 7) is 1.42. The van der Waals surface area contributed by atoms with Crippen molar-refractivity contribution in [2.75, 3.05) is 39.3 Å². The van der Waals surface area contributed by atoms with E-state index in [0.29, 0.717) is 0 Å². The molecule has 0 radical (unpaired) electrons. The van der Waals surface area contributed by atoms with Crippen molar-refractivity contribution < 1.29 is 57.4 Å². The number of carbonyl (C=O) groups excluding carboxylic acids is 10. The number of esters is 2. The molecular weight excluding hydrogens is 853 g/mol. The summed E-state index contributed by atoms with van der Waals surface area (Å²) in [6, 6.07) is -8.28. The molecule has 0 aromatic carbocycles. The van der Waals surface area contributed by atoms with Gasteiger partial charge in [0, 0.05) is 39.3 Å². The molecule has 26 nitrogen and oxygen atoms in total. The summed E-state index contributed by atoms with van der Waals surface area (Å²) in [5.41, 5.74) is 21.5. The monoisotopic (exact) mass is 916 g/mol. The van der Waals surface area contributed by atoms with E-state index in [0.717, 1.165) is 21.1 Å². The lowest BCUT2D eigenvalue weighted by molar-refractivity contribution is -0.142. The fourth-order valence-electron chi connectivity index (χ4n) is 5.55. The molecule has 18 N–H and O–H groups in total. The molecule has 0 bridgehead atoms. The van der Waals surface area contributed by atoms with Crippen LogP contribution in [-0.4, -0.2) is 147 Å². The van der Waals surface area contributed by atoms with Gasteiger partial charge in [-0.15, -0.1) is 0 Å². The minimum atomic E-state index is -1.53. The van der Waals surface area contributed by atoms with Crippen LogP contribution in [0.5, 0.6) is 0 Å². The molecule has 356 valence electrons. The first-order valence-corrected chi connectivity index (χ1v) is 21.2. The molecule has 0 saturated carbocycles. The van der Waals surface area contributed by atoms with E-state index in [4.69, 9.17) is 33.8 Å². The Morgan fingerprint density at radius 2 is 0.841 bits per heavy atom. The maximum atomic E-state index is 13.9. The Kier molecular flexibility index (Phi) is 28.2. The highest BCUT2D eigenvalue weighted by Gasteiger charge is 2.33. The van der Waals surface area contributed by atoms with Gasteiger partial charge >= 0.3 is 11.9 Å². The molecule has 0 aliphatic heterocycles. The summed E-state index contributed by atoms with van der Waals surface area (Å²) >= 11 is 1.30. The van der Waals surface area contributed by atoms with Crippen LogP contribution in [0.15, 0.2) is 0 Å². The predicted molar refractivity (Wildman–Crippen MR) is 229 cm³/mol. The molecular formula is C36H64N14O12S.